The predicted molar refractivity (Wildman–Crippen MR) is 76.9 cm³/mol. The van der Waals surface area contributed by atoms with Gasteiger partial charge in [-0.3, -0.25) is 4.79 Å². The van der Waals surface area contributed by atoms with Crippen LogP contribution in [0, 0.1) is 0 Å². The summed E-state index contributed by atoms with van der Waals surface area (Å²) in [4.78, 5) is 11.9. The van der Waals surface area contributed by atoms with Crippen LogP contribution in [0.3, 0.4) is 0 Å². The van der Waals surface area contributed by atoms with Crippen molar-refractivity contribution in [2.24, 2.45) is 7.05 Å². The van der Waals surface area contributed by atoms with Crippen molar-refractivity contribution in [3.63, 3.8) is 0 Å². The van der Waals surface area contributed by atoms with Gasteiger partial charge < -0.3 is 9.88 Å². The summed E-state index contributed by atoms with van der Waals surface area (Å²) in [7, 11) is 1.88. The Hall–Kier alpha value is -2.15. The quantitative estimate of drug-likeness (QED) is 0.800. The molecule has 0 unspecified atom stereocenters. The molecule has 0 radical (unpaired) electrons. The third-order valence-electron chi connectivity index (χ3n) is 2.76. The minimum absolute atomic E-state index is 0.125. The minimum Gasteiger partial charge on any atom is -0.382 e. The molecule has 8 heteroatoms. The predicted octanol–water partition coefficient (Wildman–Crippen LogP) is 0.866. The van der Waals surface area contributed by atoms with E-state index in [1.54, 1.807) is 12.4 Å². The fourth-order valence-corrected chi connectivity index (χ4v) is 1.90. The fraction of sp³-hybridized carbons (Fsp3) is 0.333. The summed E-state index contributed by atoms with van der Waals surface area (Å²) in [5.41, 5.74) is 0.175. The van der Waals surface area contributed by atoms with Gasteiger partial charge in [0.05, 0.1) is 18.4 Å². The van der Waals surface area contributed by atoms with Gasteiger partial charge in [-0.25, -0.2) is 4.68 Å². The molecule has 0 saturated carbocycles. The molecule has 20 heavy (non-hydrogen) atoms. The molecule has 2 rings (SSSR count). The Labute approximate surface area is 120 Å². The number of nitrogens with one attached hydrogen (secondary N) is 1. The zero-order chi connectivity index (χ0) is 14.5. The van der Waals surface area contributed by atoms with E-state index < -0.39 is 0 Å². The molecule has 0 amide bonds. The standard InChI is InChI=1S/C12H15ClN6O/c1-3-6-19-12(20)11(13)9(7-16-19)14-5-4-10-17-15-8-18(10)2/h3,7-8,14H,1,4-6H2,2H3. The first kappa shape index (κ1) is 14.3. The van der Waals surface area contributed by atoms with Crippen molar-refractivity contribution in [2.75, 3.05) is 11.9 Å². The van der Waals surface area contributed by atoms with Gasteiger partial charge in [-0.05, 0) is 0 Å². The third-order valence-corrected chi connectivity index (χ3v) is 3.12. The molecule has 0 bridgehead atoms. The highest BCUT2D eigenvalue weighted by Gasteiger charge is 2.08. The molecule has 0 saturated heterocycles. The average molecular weight is 295 g/mol. The number of hydrogen-bond donors (Lipinski definition) is 1. The molecule has 0 aliphatic carbocycles. The van der Waals surface area contributed by atoms with E-state index in [1.165, 1.54) is 10.9 Å². The molecule has 1 N–H and O–H groups in total. The number of anilines is 1. The second-order valence-corrected chi connectivity index (χ2v) is 4.56. The van der Waals surface area contributed by atoms with Crippen LogP contribution in [0.5, 0.6) is 0 Å². The van der Waals surface area contributed by atoms with Crippen molar-refractivity contribution in [2.45, 2.75) is 13.0 Å². The van der Waals surface area contributed by atoms with Crippen molar-refractivity contribution in [3.05, 3.63) is 46.4 Å². The maximum absolute atomic E-state index is 11.9. The van der Waals surface area contributed by atoms with Gasteiger partial charge in [-0.2, -0.15) is 5.10 Å². The van der Waals surface area contributed by atoms with Crippen molar-refractivity contribution < 1.29 is 0 Å². The molecule has 2 heterocycles. The van der Waals surface area contributed by atoms with Crippen LogP contribution in [0.4, 0.5) is 5.69 Å². The number of rotatable bonds is 6. The maximum atomic E-state index is 11.9. The van der Waals surface area contributed by atoms with Gasteiger partial charge in [-0.1, -0.05) is 17.7 Å². The molecule has 7 nitrogen and oxygen atoms in total. The summed E-state index contributed by atoms with van der Waals surface area (Å²) in [6, 6.07) is 0. The van der Waals surface area contributed by atoms with E-state index in [1.807, 2.05) is 11.6 Å². The van der Waals surface area contributed by atoms with Crippen LogP contribution in [-0.4, -0.2) is 31.1 Å². The first-order valence-corrected chi connectivity index (χ1v) is 6.44. The Kier molecular flexibility index (Phi) is 4.52. The summed E-state index contributed by atoms with van der Waals surface area (Å²) in [6.45, 7) is 4.48. The lowest BCUT2D eigenvalue weighted by atomic mass is 10.3. The topological polar surface area (TPSA) is 77.6 Å². The number of aryl methyl sites for hydroxylation is 1. The number of allylic oxidation sites excluding steroid dienone is 1. The molecule has 0 spiro atoms. The van der Waals surface area contributed by atoms with Crippen LogP contribution < -0.4 is 10.9 Å². The second-order valence-electron chi connectivity index (χ2n) is 4.18. The summed E-state index contributed by atoms with van der Waals surface area (Å²) in [6.07, 6.45) is 5.43. The van der Waals surface area contributed by atoms with E-state index in [9.17, 15) is 4.79 Å². The molecule has 0 aromatic carbocycles. The van der Waals surface area contributed by atoms with E-state index in [2.05, 4.69) is 27.2 Å². The molecule has 0 atom stereocenters. The van der Waals surface area contributed by atoms with E-state index in [0.717, 1.165) is 5.82 Å². The van der Waals surface area contributed by atoms with Crippen LogP contribution in [0.25, 0.3) is 0 Å². The molecule has 0 aliphatic rings. The highest BCUT2D eigenvalue weighted by atomic mass is 35.5. The Morgan fingerprint density at radius 3 is 3.00 bits per heavy atom. The fourth-order valence-electron chi connectivity index (χ4n) is 1.68. The molecule has 2 aromatic heterocycles. The first-order chi connectivity index (χ1) is 9.63. The lowest BCUT2D eigenvalue weighted by Crippen LogP contribution is -2.24. The summed E-state index contributed by atoms with van der Waals surface area (Å²) in [5.74, 6) is 0.849. The Bertz CT molecular complexity index is 662. The Morgan fingerprint density at radius 2 is 2.35 bits per heavy atom. The van der Waals surface area contributed by atoms with E-state index >= 15 is 0 Å². The van der Waals surface area contributed by atoms with Crippen LogP contribution in [0.2, 0.25) is 5.02 Å². The van der Waals surface area contributed by atoms with Crippen molar-refractivity contribution in [1.29, 1.82) is 0 Å². The second kappa shape index (κ2) is 6.33. The summed E-state index contributed by atoms with van der Waals surface area (Å²) < 4.78 is 3.09. The Balaban J connectivity index is 2.03. The first-order valence-electron chi connectivity index (χ1n) is 6.06. The highest BCUT2D eigenvalue weighted by Crippen LogP contribution is 2.14. The SMILES string of the molecule is C=CCn1ncc(NCCc2nncn2C)c(Cl)c1=O. The van der Waals surface area contributed by atoms with Crippen molar-refractivity contribution in [1.82, 2.24) is 24.5 Å². The largest absolute Gasteiger partial charge is 0.382 e. The zero-order valence-corrected chi connectivity index (χ0v) is 11.8. The molecular weight excluding hydrogens is 280 g/mol. The summed E-state index contributed by atoms with van der Waals surface area (Å²) in [5, 5.41) is 15.0. The van der Waals surface area contributed by atoms with Crippen molar-refractivity contribution in [3.8, 4) is 0 Å². The van der Waals surface area contributed by atoms with E-state index in [0.29, 0.717) is 25.2 Å². The van der Waals surface area contributed by atoms with Gasteiger partial charge in [-0.15, -0.1) is 16.8 Å². The monoisotopic (exact) mass is 294 g/mol. The maximum Gasteiger partial charge on any atom is 0.287 e. The van der Waals surface area contributed by atoms with Gasteiger partial charge in [0.25, 0.3) is 5.56 Å². The van der Waals surface area contributed by atoms with Crippen molar-refractivity contribution >= 4 is 17.3 Å². The average Bonchev–Trinajstić information content (AvgIpc) is 2.84. The normalized spacial score (nSPS) is 10.5. The number of nitrogens with zero attached hydrogens (tertiary/aromatic N) is 5. The van der Waals surface area contributed by atoms with Gasteiger partial charge in [0.1, 0.15) is 17.2 Å². The lowest BCUT2D eigenvalue weighted by molar-refractivity contribution is 0.652. The van der Waals surface area contributed by atoms with Crippen LogP contribution in [-0.2, 0) is 20.0 Å². The zero-order valence-electron chi connectivity index (χ0n) is 11.1. The highest BCUT2D eigenvalue weighted by molar-refractivity contribution is 6.32. The molecule has 106 valence electrons. The molecular formula is C12H15ClN6O. The number of hydrogen-bond acceptors (Lipinski definition) is 5. The van der Waals surface area contributed by atoms with E-state index in [4.69, 9.17) is 11.6 Å². The number of halogens is 1. The van der Waals surface area contributed by atoms with Crippen LogP contribution in [0.1, 0.15) is 5.82 Å². The van der Waals surface area contributed by atoms with Gasteiger partial charge >= 0.3 is 0 Å². The number of aromatic nitrogens is 5. The van der Waals surface area contributed by atoms with Gasteiger partial charge in [0.2, 0.25) is 0 Å². The molecule has 0 aliphatic heterocycles. The molecule has 0 fully saturated rings. The van der Waals surface area contributed by atoms with Gasteiger partial charge in [0.15, 0.2) is 0 Å². The van der Waals surface area contributed by atoms with Crippen LogP contribution in [0.15, 0.2) is 30.0 Å². The lowest BCUT2D eigenvalue weighted by Gasteiger charge is -2.09. The molecule has 2 aromatic rings. The van der Waals surface area contributed by atoms with Gasteiger partial charge in [0, 0.05) is 20.0 Å². The minimum atomic E-state index is -0.338. The third kappa shape index (κ3) is 3.05. The smallest absolute Gasteiger partial charge is 0.287 e. The summed E-state index contributed by atoms with van der Waals surface area (Å²) >= 11 is 6.02. The van der Waals surface area contributed by atoms with Crippen LogP contribution >= 0.6 is 11.6 Å². The van der Waals surface area contributed by atoms with E-state index in [-0.39, 0.29) is 10.6 Å². The Morgan fingerprint density at radius 1 is 1.55 bits per heavy atom.